The minimum Gasteiger partial charge on any atom is -0.376 e. The third-order valence-electron chi connectivity index (χ3n) is 3.95. The van der Waals surface area contributed by atoms with Gasteiger partial charge < -0.3 is 15.0 Å². The normalized spacial score (nSPS) is 16.8. The summed E-state index contributed by atoms with van der Waals surface area (Å²) < 4.78 is 18.6. The molecule has 0 aliphatic carbocycles. The molecule has 1 fully saturated rings. The molecule has 1 atom stereocenters. The number of pyridine rings is 1. The molecule has 2 heterocycles. The van der Waals surface area contributed by atoms with Gasteiger partial charge in [-0.1, -0.05) is 0 Å². The van der Waals surface area contributed by atoms with E-state index in [1.165, 1.54) is 12.1 Å². The average molecular weight is 329 g/mol. The number of hydrogen-bond acceptors (Lipinski definition) is 3. The number of benzene rings is 1. The molecule has 1 aromatic carbocycles. The number of ether oxygens (including phenoxy) is 1. The Kier molecular flexibility index (Phi) is 5.38. The fourth-order valence-corrected chi connectivity index (χ4v) is 2.70. The van der Waals surface area contributed by atoms with Crippen LogP contribution in [-0.2, 0) is 11.3 Å². The molecule has 126 valence electrons. The van der Waals surface area contributed by atoms with E-state index in [1.54, 1.807) is 29.4 Å². The van der Waals surface area contributed by atoms with Gasteiger partial charge >= 0.3 is 6.03 Å². The van der Waals surface area contributed by atoms with Crippen LogP contribution in [0.25, 0.3) is 0 Å². The number of anilines is 1. The first-order valence-corrected chi connectivity index (χ1v) is 8.03. The lowest BCUT2D eigenvalue weighted by Gasteiger charge is -2.26. The molecular formula is C18H20FN3O2. The highest BCUT2D eigenvalue weighted by Crippen LogP contribution is 2.17. The summed E-state index contributed by atoms with van der Waals surface area (Å²) in [6.45, 7) is 1.73. The highest BCUT2D eigenvalue weighted by atomic mass is 19.1. The molecule has 1 aliphatic rings. The van der Waals surface area contributed by atoms with Crippen molar-refractivity contribution >= 4 is 11.7 Å². The Morgan fingerprint density at radius 3 is 2.67 bits per heavy atom. The Bertz CT molecular complexity index is 658. The molecule has 1 aliphatic heterocycles. The Hall–Kier alpha value is -2.47. The molecule has 6 heteroatoms. The number of urea groups is 1. The Morgan fingerprint density at radius 1 is 1.25 bits per heavy atom. The lowest BCUT2D eigenvalue weighted by atomic mass is 10.2. The van der Waals surface area contributed by atoms with Crippen molar-refractivity contribution in [2.45, 2.75) is 25.5 Å². The van der Waals surface area contributed by atoms with Gasteiger partial charge in [0.25, 0.3) is 0 Å². The van der Waals surface area contributed by atoms with Crippen LogP contribution in [0.15, 0.2) is 48.8 Å². The SMILES string of the molecule is O=C(Nc1ccc(F)cc1)N(Cc1ccncc1)C[C@H]1CCCO1. The van der Waals surface area contributed by atoms with Crippen molar-refractivity contribution in [3.8, 4) is 0 Å². The molecule has 0 saturated carbocycles. The molecule has 24 heavy (non-hydrogen) atoms. The smallest absolute Gasteiger partial charge is 0.322 e. The zero-order valence-electron chi connectivity index (χ0n) is 13.3. The van der Waals surface area contributed by atoms with Crippen molar-refractivity contribution in [2.24, 2.45) is 0 Å². The van der Waals surface area contributed by atoms with Crippen molar-refractivity contribution < 1.29 is 13.9 Å². The van der Waals surface area contributed by atoms with E-state index < -0.39 is 0 Å². The Morgan fingerprint density at radius 2 is 2.00 bits per heavy atom. The second-order valence-electron chi connectivity index (χ2n) is 5.81. The van der Waals surface area contributed by atoms with Crippen molar-refractivity contribution in [1.82, 2.24) is 9.88 Å². The molecule has 1 N–H and O–H groups in total. The fourth-order valence-electron chi connectivity index (χ4n) is 2.70. The van der Waals surface area contributed by atoms with Crippen LogP contribution in [0.3, 0.4) is 0 Å². The number of aromatic nitrogens is 1. The molecule has 3 rings (SSSR count). The lowest BCUT2D eigenvalue weighted by molar-refractivity contribution is 0.0819. The molecule has 0 radical (unpaired) electrons. The number of nitrogens with one attached hydrogen (secondary N) is 1. The first kappa shape index (κ1) is 16.4. The van der Waals surface area contributed by atoms with Gasteiger partial charge in [-0.05, 0) is 54.8 Å². The number of carbonyl (C=O) groups is 1. The van der Waals surface area contributed by atoms with E-state index in [-0.39, 0.29) is 18.0 Å². The van der Waals surface area contributed by atoms with E-state index in [2.05, 4.69) is 10.3 Å². The van der Waals surface area contributed by atoms with Crippen LogP contribution in [0.5, 0.6) is 0 Å². The summed E-state index contributed by atoms with van der Waals surface area (Å²) in [6, 6.07) is 9.27. The molecule has 0 unspecified atom stereocenters. The molecule has 0 spiro atoms. The summed E-state index contributed by atoms with van der Waals surface area (Å²) in [4.78, 5) is 18.4. The number of rotatable bonds is 5. The minimum absolute atomic E-state index is 0.0609. The third kappa shape index (κ3) is 4.52. The lowest BCUT2D eigenvalue weighted by Crippen LogP contribution is -2.39. The third-order valence-corrected chi connectivity index (χ3v) is 3.95. The van der Waals surface area contributed by atoms with E-state index in [0.717, 1.165) is 25.0 Å². The van der Waals surface area contributed by atoms with Crippen LogP contribution < -0.4 is 5.32 Å². The van der Waals surface area contributed by atoms with Crippen LogP contribution >= 0.6 is 0 Å². The number of amides is 2. The topological polar surface area (TPSA) is 54.5 Å². The molecule has 2 amide bonds. The first-order chi connectivity index (χ1) is 11.7. The fraction of sp³-hybridized carbons (Fsp3) is 0.333. The van der Waals surface area contributed by atoms with Gasteiger partial charge in [-0.3, -0.25) is 4.98 Å². The van der Waals surface area contributed by atoms with Crippen LogP contribution in [0.2, 0.25) is 0 Å². The summed E-state index contributed by atoms with van der Waals surface area (Å²) in [7, 11) is 0. The van der Waals surface area contributed by atoms with E-state index in [9.17, 15) is 9.18 Å². The predicted molar refractivity (Wildman–Crippen MR) is 89.0 cm³/mol. The van der Waals surface area contributed by atoms with Gasteiger partial charge in [0.2, 0.25) is 0 Å². The Balaban J connectivity index is 1.69. The molecular weight excluding hydrogens is 309 g/mol. The van der Waals surface area contributed by atoms with E-state index in [0.29, 0.717) is 18.8 Å². The van der Waals surface area contributed by atoms with Crippen molar-refractivity contribution in [3.63, 3.8) is 0 Å². The number of halogens is 1. The molecule has 1 saturated heterocycles. The highest BCUT2D eigenvalue weighted by Gasteiger charge is 2.23. The molecule has 2 aromatic rings. The predicted octanol–water partition coefficient (Wildman–Crippen LogP) is 3.43. The van der Waals surface area contributed by atoms with Crippen molar-refractivity contribution in [2.75, 3.05) is 18.5 Å². The summed E-state index contributed by atoms with van der Waals surface area (Å²) in [5.41, 5.74) is 1.56. The van der Waals surface area contributed by atoms with Gasteiger partial charge in [-0.25, -0.2) is 9.18 Å². The number of hydrogen-bond donors (Lipinski definition) is 1. The second-order valence-corrected chi connectivity index (χ2v) is 5.81. The van der Waals surface area contributed by atoms with E-state index in [1.807, 2.05) is 12.1 Å². The summed E-state index contributed by atoms with van der Waals surface area (Å²) >= 11 is 0. The zero-order chi connectivity index (χ0) is 16.8. The molecule has 5 nitrogen and oxygen atoms in total. The highest BCUT2D eigenvalue weighted by molar-refractivity contribution is 5.89. The van der Waals surface area contributed by atoms with E-state index in [4.69, 9.17) is 4.74 Å². The van der Waals surface area contributed by atoms with Gasteiger partial charge in [0.1, 0.15) is 5.82 Å². The average Bonchev–Trinajstić information content (AvgIpc) is 3.10. The standard InChI is InChI=1S/C18H20FN3O2/c19-15-3-5-16(6-4-15)21-18(23)22(13-17-2-1-11-24-17)12-14-7-9-20-10-8-14/h3-10,17H,1-2,11-13H2,(H,21,23)/t17-/m1/s1. The van der Waals surface area contributed by atoms with E-state index >= 15 is 0 Å². The molecule has 1 aromatic heterocycles. The van der Waals surface area contributed by atoms with Gasteiger partial charge in [0, 0.05) is 37.8 Å². The number of carbonyl (C=O) groups excluding carboxylic acids is 1. The summed E-state index contributed by atoms with van der Waals surface area (Å²) in [5.74, 6) is -0.332. The molecule has 0 bridgehead atoms. The largest absolute Gasteiger partial charge is 0.376 e. The summed E-state index contributed by atoms with van der Waals surface area (Å²) in [6.07, 6.45) is 5.45. The van der Waals surface area contributed by atoms with Gasteiger partial charge in [0.15, 0.2) is 0 Å². The minimum atomic E-state index is -0.332. The van der Waals surface area contributed by atoms with Gasteiger partial charge in [-0.2, -0.15) is 0 Å². The second kappa shape index (κ2) is 7.88. The van der Waals surface area contributed by atoms with Crippen molar-refractivity contribution in [1.29, 1.82) is 0 Å². The van der Waals surface area contributed by atoms with Crippen LogP contribution in [-0.4, -0.2) is 35.2 Å². The summed E-state index contributed by atoms with van der Waals surface area (Å²) in [5, 5.41) is 2.81. The maximum absolute atomic E-state index is 13.0. The monoisotopic (exact) mass is 329 g/mol. The quantitative estimate of drug-likeness (QED) is 0.914. The van der Waals surface area contributed by atoms with Gasteiger partial charge in [-0.15, -0.1) is 0 Å². The van der Waals surface area contributed by atoms with Crippen LogP contribution in [0.1, 0.15) is 18.4 Å². The Labute approximate surface area is 140 Å². The van der Waals surface area contributed by atoms with Crippen LogP contribution in [0.4, 0.5) is 14.9 Å². The maximum atomic E-state index is 13.0. The van der Waals surface area contributed by atoms with Crippen LogP contribution in [0, 0.1) is 5.82 Å². The van der Waals surface area contributed by atoms with Crippen molar-refractivity contribution in [3.05, 3.63) is 60.2 Å². The maximum Gasteiger partial charge on any atom is 0.322 e. The zero-order valence-corrected chi connectivity index (χ0v) is 13.3. The number of nitrogens with zero attached hydrogens (tertiary/aromatic N) is 2. The first-order valence-electron chi connectivity index (χ1n) is 8.03. The van der Waals surface area contributed by atoms with Gasteiger partial charge in [0.05, 0.1) is 6.10 Å².